The molecule has 8 nitrogen and oxygen atoms in total. The van der Waals surface area contributed by atoms with Crippen molar-refractivity contribution in [2.75, 3.05) is 24.4 Å². The zero-order valence-corrected chi connectivity index (χ0v) is 18.6. The molecule has 8 heteroatoms. The molecule has 0 spiro atoms. The van der Waals surface area contributed by atoms with E-state index in [-0.39, 0.29) is 18.5 Å². The van der Waals surface area contributed by atoms with Gasteiger partial charge in [0.15, 0.2) is 0 Å². The van der Waals surface area contributed by atoms with E-state index in [0.29, 0.717) is 41.2 Å². The van der Waals surface area contributed by atoms with Crippen molar-refractivity contribution in [3.63, 3.8) is 0 Å². The van der Waals surface area contributed by atoms with Crippen molar-refractivity contribution in [1.29, 1.82) is 0 Å². The summed E-state index contributed by atoms with van der Waals surface area (Å²) in [5.74, 6) is -1.53. The molecule has 170 valence electrons. The molecule has 1 aromatic carbocycles. The molecule has 2 amide bonds. The zero-order chi connectivity index (χ0) is 23.7. The summed E-state index contributed by atoms with van der Waals surface area (Å²) in [5, 5.41) is 5.44. The van der Waals surface area contributed by atoms with E-state index in [9.17, 15) is 14.4 Å². The molecule has 2 N–H and O–H groups in total. The molecule has 0 fully saturated rings. The number of benzene rings is 1. The number of esters is 1. The van der Waals surface area contributed by atoms with Crippen LogP contribution in [0.25, 0.3) is 5.70 Å². The second-order valence-electron chi connectivity index (χ2n) is 7.12. The van der Waals surface area contributed by atoms with Gasteiger partial charge in [-0.25, -0.2) is 4.79 Å². The largest absolute Gasteiger partial charge is 0.465 e. The fourth-order valence-electron chi connectivity index (χ4n) is 3.09. The van der Waals surface area contributed by atoms with Crippen LogP contribution in [-0.2, 0) is 19.1 Å². The smallest absolute Gasteiger partial charge is 0.411 e. The minimum absolute atomic E-state index is 0.254. The Morgan fingerprint density at radius 2 is 2.00 bits per heavy atom. The van der Waals surface area contributed by atoms with Crippen LogP contribution in [0.3, 0.4) is 0 Å². The van der Waals surface area contributed by atoms with E-state index in [1.165, 1.54) is 13.2 Å². The first-order valence-electron chi connectivity index (χ1n) is 10.3. The average molecular weight is 440 g/mol. The van der Waals surface area contributed by atoms with Crippen molar-refractivity contribution in [2.24, 2.45) is 16.8 Å². The van der Waals surface area contributed by atoms with Crippen molar-refractivity contribution >= 4 is 40.8 Å². The van der Waals surface area contributed by atoms with E-state index in [4.69, 9.17) is 4.74 Å². The van der Waals surface area contributed by atoms with Gasteiger partial charge >= 0.3 is 12.1 Å². The highest BCUT2D eigenvalue weighted by Crippen LogP contribution is 2.33. The number of anilines is 2. The monoisotopic (exact) mass is 439 g/mol. The first-order chi connectivity index (χ1) is 15.3. The van der Waals surface area contributed by atoms with Crippen LogP contribution in [0.15, 0.2) is 54.6 Å². The summed E-state index contributed by atoms with van der Waals surface area (Å²) in [4.78, 5) is 41.1. The van der Waals surface area contributed by atoms with Crippen molar-refractivity contribution in [3.8, 4) is 0 Å². The fourth-order valence-corrected chi connectivity index (χ4v) is 3.09. The van der Waals surface area contributed by atoms with E-state index >= 15 is 0 Å². The Hall–Kier alpha value is -3.68. The molecule has 0 radical (unpaired) electrons. The van der Waals surface area contributed by atoms with Gasteiger partial charge in [0.1, 0.15) is 0 Å². The number of ether oxygens (including phenoxy) is 2. The highest BCUT2D eigenvalue weighted by atomic mass is 16.5. The molecule has 1 aromatic rings. The molecule has 0 saturated heterocycles. The summed E-state index contributed by atoms with van der Waals surface area (Å²) in [5.41, 5.74) is 2.85. The lowest BCUT2D eigenvalue weighted by Gasteiger charge is -2.15. The number of aliphatic imine (C=N–C) groups is 1. The van der Waals surface area contributed by atoms with Gasteiger partial charge in [-0.15, -0.1) is 13.2 Å². The SMILES string of the molecule is C=CCC(C(=O)OCC)C1=NC(c2ccc(NC(=O)OC)cc2NC(=O)[C@H](C)C=C)=CC1. The van der Waals surface area contributed by atoms with Crippen LogP contribution in [0.1, 0.15) is 32.3 Å². The Bertz CT molecular complexity index is 964. The number of amides is 2. The Morgan fingerprint density at radius 3 is 2.62 bits per heavy atom. The average Bonchev–Trinajstić information content (AvgIpc) is 3.26. The van der Waals surface area contributed by atoms with E-state index in [2.05, 4.69) is 33.5 Å². The van der Waals surface area contributed by atoms with Gasteiger partial charge in [0.2, 0.25) is 5.91 Å². The molecule has 0 saturated carbocycles. The Labute approximate surface area is 188 Å². The molecular formula is C24H29N3O5. The van der Waals surface area contributed by atoms with E-state index < -0.39 is 17.9 Å². The maximum absolute atomic E-state index is 12.5. The quantitative estimate of drug-likeness (QED) is 0.410. The van der Waals surface area contributed by atoms with E-state index in [0.717, 1.165) is 0 Å². The summed E-state index contributed by atoms with van der Waals surface area (Å²) in [7, 11) is 1.26. The summed E-state index contributed by atoms with van der Waals surface area (Å²) >= 11 is 0. The number of carbonyl (C=O) groups excluding carboxylic acids is 3. The predicted molar refractivity (Wildman–Crippen MR) is 125 cm³/mol. The van der Waals surface area contributed by atoms with E-state index in [1.807, 2.05) is 6.08 Å². The molecule has 0 bridgehead atoms. The lowest BCUT2D eigenvalue weighted by molar-refractivity contribution is -0.145. The number of allylic oxidation sites excluding steroid dienone is 2. The number of nitrogens with one attached hydrogen (secondary N) is 2. The third kappa shape index (κ3) is 6.16. The predicted octanol–water partition coefficient (Wildman–Crippen LogP) is 4.57. The molecular weight excluding hydrogens is 410 g/mol. The number of hydrogen-bond acceptors (Lipinski definition) is 6. The third-order valence-electron chi connectivity index (χ3n) is 4.90. The topological polar surface area (TPSA) is 106 Å². The summed E-state index contributed by atoms with van der Waals surface area (Å²) in [6, 6.07) is 5.05. The molecule has 1 unspecified atom stereocenters. The molecule has 0 aromatic heterocycles. The summed E-state index contributed by atoms with van der Waals surface area (Å²) in [6.07, 6.45) is 5.36. The highest BCUT2D eigenvalue weighted by molar-refractivity contribution is 6.08. The molecule has 0 aliphatic carbocycles. The van der Waals surface area contributed by atoms with Crippen molar-refractivity contribution in [1.82, 2.24) is 0 Å². The van der Waals surface area contributed by atoms with E-state index in [1.54, 1.807) is 38.1 Å². The van der Waals surface area contributed by atoms with Crippen LogP contribution < -0.4 is 10.6 Å². The van der Waals surface area contributed by atoms with Gasteiger partial charge in [0.05, 0.1) is 36.9 Å². The van der Waals surface area contributed by atoms with Crippen LogP contribution in [0.5, 0.6) is 0 Å². The van der Waals surface area contributed by atoms with Crippen molar-refractivity contribution in [2.45, 2.75) is 26.7 Å². The first-order valence-corrected chi connectivity index (χ1v) is 10.3. The van der Waals surface area contributed by atoms with Gasteiger partial charge in [0.25, 0.3) is 0 Å². The lowest BCUT2D eigenvalue weighted by Crippen LogP contribution is -2.24. The highest BCUT2D eigenvalue weighted by Gasteiger charge is 2.27. The maximum atomic E-state index is 12.5. The number of hydrogen-bond donors (Lipinski definition) is 2. The Morgan fingerprint density at radius 1 is 1.25 bits per heavy atom. The summed E-state index contributed by atoms with van der Waals surface area (Å²) in [6.45, 7) is 11.1. The van der Waals surface area contributed by atoms with Gasteiger partial charge in [-0.3, -0.25) is 19.9 Å². The molecule has 1 aliphatic rings. The van der Waals surface area contributed by atoms with Crippen molar-refractivity contribution < 1.29 is 23.9 Å². The van der Waals surface area contributed by atoms with Crippen LogP contribution in [0.2, 0.25) is 0 Å². The summed E-state index contributed by atoms with van der Waals surface area (Å²) < 4.78 is 9.81. The van der Waals surface area contributed by atoms with Gasteiger partial charge in [-0.05, 0) is 31.5 Å². The van der Waals surface area contributed by atoms with Crippen molar-refractivity contribution in [3.05, 3.63) is 55.1 Å². The minimum atomic E-state index is -0.628. The second-order valence-corrected chi connectivity index (χ2v) is 7.12. The van der Waals surface area contributed by atoms with Gasteiger partial charge < -0.3 is 14.8 Å². The molecule has 2 rings (SSSR count). The zero-order valence-electron chi connectivity index (χ0n) is 18.6. The minimum Gasteiger partial charge on any atom is -0.465 e. The van der Waals surface area contributed by atoms with Crippen LogP contribution >= 0.6 is 0 Å². The molecule has 32 heavy (non-hydrogen) atoms. The Balaban J connectivity index is 2.40. The lowest BCUT2D eigenvalue weighted by atomic mass is 9.98. The molecule has 2 atom stereocenters. The van der Waals surface area contributed by atoms with Gasteiger partial charge in [0, 0.05) is 23.4 Å². The molecule has 1 heterocycles. The normalized spacial score (nSPS) is 14.3. The van der Waals surface area contributed by atoms with Crippen LogP contribution in [0, 0.1) is 11.8 Å². The number of methoxy groups -OCH3 is 1. The fraction of sp³-hybridized carbons (Fsp3) is 0.333. The van der Waals surface area contributed by atoms with Gasteiger partial charge in [-0.1, -0.05) is 25.2 Å². The van der Waals surface area contributed by atoms with Crippen LogP contribution in [0.4, 0.5) is 16.2 Å². The standard InChI is InChI=1S/C24H29N3O5/c1-6-9-18(23(29)32-8-3)20-13-12-19(26-20)17-11-10-16(25-24(30)31-5)14-21(17)27-22(28)15(4)7-2/h6-7,10-12,14-15,18H,1-2,8-9,13H2,3-5H3,(H,25,30)(H,27,28)/t15-,18?/m1/s1. The number of nitrogens with zero attached hydrogens (tertiary/aromatic N) is 1. The van der Waals surface area contributed by atoms with Gasteiger partial charge in [-0.2, -0.15) is 0 Å². The first kappa shape index (κ1) is 24.6. The Kier molecular flexibility index (Phi) is 8.95. The van der Waals surface area contributed by atoms with Crippen LogP contribution in [-0.4, -0.2) is 37.4 Å². The third-order valence-corrected chi connectivity index (χ3v) is 4.90. The number of carbonyl (C=O) groups is 3. The maximum Gasteiger partial charge on any atom is 0.411 e. The number of rotatable bonds is 10. The second kappa shape index (κ2) is 11.6. The molecule has 1 aliphatic heterocycles.